The first-order valence-corrected chi connectivity index (χ1v) is 7.66. The van der Waals surface area contributed by atoms with Gasteiger partial charge in [0.25, 0.3) is 5.91 Å². The zero-order valence-corrected chi connectivity index (χ0v) is 13.7. The van der Waals surface area contributed by atoms with Crippen LogP contribution in [0.5, 0.6) is 0 Å². The average molecular weight is 314 g/mol. The molecule has 1 aromatic rings. The lowest BCUT2D eigenvalue weighted by Gasteiger charge is -2.25. The van der Waals surface area contributed by atoms with Crippen LogP contribution in [0, 0.1) is 0 Å². The number of rotatable bonds is 3. The molecule has 2 rings (SSSR count). The van der Waals surface area contributed by atoms with E-state index in [1.165, 1.54) is 6.20 Å². The Balaban J connectivity index is 2.01. The highest BCUT2D eigenvalue weighted by Crippen LogP contribution is 2.18. The van der Waals surface area contributed by atoms with E-state index in [2.05, 4.69) is 10.6 Å². The van der Waals surface area contributed by atoms with E-state index >= 15 is 0 Å². The van der Waals surface area contributed by atoms with Gasteiger partial charge in [-0.15, -0.1) is 0 Å². The van der Waals surface area contributed by atoms with Crippen molar-refractivity contribution in [1.82, 2.24) is 10.6 Å². The quantitative estimate of drug-likeness (QED) is 0.661. The van der Waals surface area contributed by atoms with E-state index in [1.54, 1.807) is 24.3 Å². The Morgan fingerprint density at radius 3 is 2.17 bits per heavy atom. The van der Waals surface area contributed by atoms with Gasteiger partial charge in [0, 0.05) is 36.2 Å². The van der Waals surface area contributed by atoms with Crippen LogP contribution in [0.4, 0.5) is 0 Å². The van der Waals surface area contributed by atoms with Gasteiger partial charge in [0.05, 0.1) is 5.57 Å². The SMILES string of the molecule is CC(C)(C)NC=C1C(=O)CC(NC(=O)c2ccccc2)CC1=O. The van der Waals surface area contributed by atoms with Gasteiger partial charge in [-0.25, -0.2) is 0 Å². The minimum Gasteiger partial charge on any atom is -0.386 e. The molecular weight excluding hydrogens is 292 g/mol. The van der Waals surface area contributed by atoms with Gasteiger partial charge in [0.2, 0.25) is 0 Å². The number of hydrogen-bond acceptors (Lipinski definition) is 4. The summed E-state index contributed by atoms with van der Waals surface area (Å²) in [6.45, 7) is 5.85. The lowest BCUT2D eigenvalue weighted by molar-refractivity contribution is -0.124. The normalized spacial score (nSPS) is 18.6. The topological polar surface area (TPSA) is 75.3 Å². The molecule has 0 bridgehead atoms. The number of amides is 1. The Morgan fingerprint density at radius 2 is 1.65 bits per heavy atom. The summed E-state index contributed by atoms with van der Waals surface area (Å²) in [5.74, 6) is -0.746. The summed E-state index contributed by atoms with van der Waals surface area (Å²) in [5, 5.41) is 5.80. The number of Topliss-reactive ketones (excluding diaryl/α,β-unsaturated/α-hetero) is 2. The molecule has 2 N–H and O–H groups in total. The highest BCUT2D eigenvalue weighted by molar-refractivity contribution is 6.22. The molecule has 0 spiro atoms. The Kier molecular flexibility index (Phi) is 4.98. The number of carbonyl (C=O) groups is 3. The van der Waals surface area contributed by atoms with Gasteiger partial charge in [-0.2, -0.15) is 0 Å². The van der Waals surface area contributed by atoms with Crippen molar-refractivity contribution >= 4 is 17.5 Å². The number of nitrogens with one attached hydrogen (secondary N) is 2. The maximum Gasteiger partial charge on any atom is 0.251 e. The predicted octanol–water partition coefficient (Wildman–Crippen LogP) is 1.99. The van der Waals surface area contributed by atoms with Crippen LogP contribution in [-0.4, -0.2) is 29.1 Å². The van der Waals surface area contributed by atoms with Crippen LogP contribution in [0.25, 0.3) is 0 Å². The summed E-state index contributed by atoms with van der Waals surface area (Å²) in [6, 6.07) is 8.30. The summed E-state index contributed by atoms with van der Waals surface area (Å²) < 4.78 is 0. The minimum absolute atomic E-state index is 0.141. The first kappa shape index (κ1) is 16.9. The third-order valence-electron chi connectivity index (χ3n) is 3.49. The molecule has 0 heterocycles. The Hall–Kier alpha value is -2.43. The number of benzene rings is 1. The molecule has 122 valence electrons. The standard InChI is InChI=1S/C18H22N2O3/c1-18(2,3)19-11-14-15(21)9-13(10-16(14)22)20-17(23)12-7-5-4-6-8-12/h4-8,11,13,19H,9-10H2,1-3H3,(H,20,23). The zero-order chi connectivity index (χ0) is 17.0. The van der Waals surface area contributed by atoms with E-state index in [1.807, 2.05) is 26.8 Å². The molecule has 0 unspecified atom stereocenters. The predicted molar refractivity (Wildman–Crippen MR) is 87.9 cm³/mol. The van der Waals surface area contributed by atoms with Crippen LogP contribution in [0.2, 0.25) is 0 Å². The maximum atomic E-state index is 12.2. The maximum absolute atomic E-state index is 12.2. The molecule has 5 nitrogen and oxygen atoms in total. The van der Waals surface area contributed by atoms with Crippen LogP contribution >= 0.6 is 0 Å². The Morgan fingerprint density at radius 1 is 1.09 bits per heavy atom. The highest BCUT2D eigenvalue weighted by atomic mass is 16.2. The van der Waals surface area contributed by atoms with Crippen molar-refractivity contribution in [3.63, 3.8) is 0 Å². The molecular formula is C18H22N2O3. The van der Waals surface area contributed by atoms with E-state index in [0.29, 0.717) is 5.56 Å². The molecule has 1 saturated carbocycles. The third-order valence-corrected chi connectivity index (χ3v) is 3.49. The fourth-order valence-electron chi connectivity index (χ4n) is 2.31. The van der Waals surface area contributed by atoms with Gasteiger partial charge >= 0.3 is 0 Å². The van der Waals surface area contributed by atoms with Gasteiger partial charge in [0.1, 0.15) is 0 Å². The monoisotopic (exact) mass is 314 g/mol. The van der Waals surface area contributed by atoms with E-state index in [4.69, 9.17) is 0 Å². The van der Waals surface area contributed by atoms with Crippen molar-refractivity contribution in [2.75, 3.05) is 0 Å². The number of hydrogen-bond donors (Lipinski definition) is 2. The second kappa shape index (κ2) is 6.77. The Labute approximate surface area is 136 Å². The van der Waals surface area contributed by atoms with Crippen LogP contribution in [0.1, 0.15) is 44.0 Å². The smallest absolute Gasteiger partial charge is 0.251 e. The molecule has 0 aliphatic heterocycles. The zero-order valence-electron chi connectivity index (χ0n) is 13.7. The van der Waals surface area contributed by atoms with Crippen LogP contribution in [0.15, 0.2) is 42.1 Å². The summed E-state index contributed by atoms with van der Waals surface area (Å²) in [4.78, 5) is 36.4. The highest BCUT2D eigenvalue weighted by Gasteiger charge is 2.31. The second-order valence-electron chi connectivity index (χ2n) is 6.74. The Bertz CT molecular complexity index is 622. The summed E-state index contributed by atoms with van der Waals surface area (Å²) >= 11 is 0. The molecule has 1 fully saturated rings. The average Bonchev–Trinajstić information content (AvgIpc) is 2.46. The number of carbonyl (C=O) groups excluding carboxylic acids is 3. The molecule has 0 atom stereocenters. The van der Waals surface area contributed by atoms with E-state index in [0.717, 1.165) is 0 Å². The van der Waals surface area contributed by atoms with Crippen molar-refractivity contribution in [3.8, 4) is 0 Å². The van der Waals surface area contributed by atoms with Crippen LogP contribution in [-0.2, 0) is 9.59 Å². The first-order chi connectivity index (χ1) is 10.8. The fraction of sp³-hybridized carbons (Fsp3) is 0.389. The lowest BCUT2D eigenvalue weighted by atomic mass is 9.88. The van der Waals surface area contributed by atoms with Crippen molar-refractivity contribution in [2.45, 2.75) is 45.2 Å². The molecule has 1 aliphatic rings. The largest absolute Gasteiger partial charge is 0.386 e. The van der Waals surface area contributed by atoms with Gasteiger partial charge in [-0.3, -0.25) is 14.4 Å². The molecule has 0 aromatic heterocycles. The summed E-state index contributed by atoms with van der Waals surface area (Å²) in [6.07, 6.45) is 1.78. The van der Waals surface area contributed by atoms with E-state index in [9.17, 15) is 14.4 Å². The van der Waals surface area contributed by atoms with Crippen molar-refractivity contribution in [3.05, 3.63) is 47.7 Å². The van der Waals surface area contributed by atoms with Gasteiger partial charge in [0.15, 0.2) is 11.6 Å². The molecule has 0 saturated heterocycles. The van der Waals surface area contributed by atoms with Gasteiger partial charge < -0.3 is 10.6 Å². The summed E-state index contributed by atoms with van der Waals surface area (Å²) in [7, 11) is 0. The molecule has 23 heavy (non-hydrogen) atoms. The molecule has 1 amide bonds. The minimum atomic E-state index is -0.450. The number of allylic oxidation sites excluding steroid dienone is 1. The molecule has 1 aliphatic carbocycles. The number of ketones is 2. The van der Waals surface area contributed by atoms with Crippen LogP contribution < -0.4 is 10.6 Å². The molecule has 5 heteroatoms. The van der Waals surface area contributed by atoms with Crippen molar-refractivity contribution < 1.29 is 14.4 Å². The van der Waals surface area contributed by atoms with Crippen molar-refractivity contribution in [1.29, 1.82) is 0 Å². The molecule has 1 aromatic carbocycles. The van der Waals surface area contributed by atoms with E-state index < -0.39 is 6.04 Å². The van der Waals surface area contributed by atoms with Crippen LogP contribution in [0.3, 0.4) is 0 Å². The first-order valence-electron chi connectivity index (χ1n) is 7.66. The second-order valence-corrected chi connectivity index (χ2v) is 6.74. The van der Waals surface area contributed by atoms with Gasteiger partial charge in [-0.05, 0) is 32.9 Å². The van der Waals surface area contributed by atoms with E-state index in [-0.39, 0.29) is 41.4 Å². The lowest BCUT2D eigenvalue weighted by Crippen LogP contribution is -2.43. The van der Waals surface area contributed by atoms with Crippen molar-refractivity contribution in [2.24, 2.45) is 0 Å². The summed E-state index contributed by atoms with van der Waals surface area (Å²) in [5.41, 5.74) is 0.486. The molecule has 0 radical (unpaired) electrons. The third kappa shape index (κ3) is 4.77. The van der Waals surface area contributed by atoms with Gasteiger partial charge in [-0.1, -0.05) is 18.2 Å². The fourth-order valence-corrected chi connectivity index (χ4v) is 2.31.